The monoisotopic (exact) mass is 165 g/mol. The average molecular weight is 165 g/mol. The number of phenols is 1. The van der Waals surface area contributed by atoms with Crippen molar-refractivity contribution in [1.29, 1.82) is 0 Å². The van der Waals surface area contributed by atoms with Gasteiger partial charge in [-0.3, -0.25) is 0 Å². The second kappa shape index (κ2) is 3.55. The molecule has 49 valence electrons. The van der Waals surface area contributed by atoms with E-state index < -0.39 is 0 Å². The van der Waals surface area contributed by atoms with Crippen LogP contribution in [-0.2, 0) is 4.12 Å². The van der Waals surface area contributed by atoms with Crippen LogP contribution in [0.3, 0.4) is 0 Å². The van der Waals surface area contributed by atoms with Crippen LogP contribution in [0.25, 0.3) is 0 Å². The summed E-state index contributed by atoms with van der Waals surface area (Å²) < 4.78 is 4.71. The zero-order chi connectivity index (χ0) is 7.40. The maximum absolute atomic E-state index is 8.97. The lowest BCUT2D eigenvalue weighted by Crippen LogP contribution is -2.15. The Hall–Kier alpha value is -0.586. The Kier molecular flexibility index (Phi) is 2.67. The van der Waals surface area contributed by atoms with E-state index in [2.05, 4.69) is 10.5 Å². The quantitative estimate of drug-likeness (QED) is 0.612. The predicted molar refractivity (Wildman–Crippen MR) is 40.3 cm³/mol. The molecule has 1 aromatic carbocycles. The van der Waals surface area contributed by atoms with Crippen molar-refractivity contribution < 1.29 is 9.22 Å². The maximum atomic E-state index is 8.97. The van der Waals surface area contributed by atoms with Gasteiger partial charge in [0.2, 0.25) is 10.5 Å². The molecule has 0 aliphatic rings. The minimum absolute atomic E-state index is 0.237. The summed E-state index contributed by atoms with van der Waals surface area (Å²) in [6.45, 7) is 0. The van der Waals surface area contributed by atoms with Crippen molar-refractivity contribution in [3.63, 3.8) is 0 Å². The SMILES string of the molecule is Oc1cccc([Si]O[Si])c1. The molecule has 0 aromatic heterocycles. The largest absolute Gasteiger partial charge is 0.508 e. The van der Waals surface area contributed by atoms with Gasteiger partial charge in [-0.1, -0.05) is 12.1 Å². The van der Waals surface area contributed by atoms with Crippen LogP contribution in [-0.4, -0.2) is 25.4 Å². The van der Waals surface area contributed by atoms with Crippen molar-refractivity contribution >= 4 is 25.4 Å². The van der Waals surface area contributed by atoms with Gasteiger partial charge in [-0.2, -0.15) is 0 Å². The molecule has 2 nitrogen and oxygen atoms in total. The van der Waals surface area contributed by atoms with Gasteiger partial charge < -0.3 is 9.22 Å². The molecular formula is C6H5O2Si2. The Morgan fingerprint density at radius 2 is 2.30 bits per heavy atom. The number of phenolic OH excluding ortho intramolecular Hbond substituents is 1. The number of benzene rings is 1. The van der Waals surface area contributed by atoms with Crippen molar-refractivity contribution in [2.24, 2.45) is 0 Å². The van der Waals surface area contributed by atoms with E-state index >= 15 is 0 Å². The fraction of sp³-hybridized carbons (Fsp3) is 0. The number of hydrogen-bond donors (Lipinski definition) is 1. The van der Waals surface area contributed by atoms with Crippen molar-refractivity contribution in [2.75, 3.05) is 0 Å². The standard InChI is InChI=1S/C6H5O2Si2/c7-5-2-1-3-6(4-5)10-8-9/h1-4,7H. The second-order valence-corrected chi connectivity index (χ2v) is 3.35. The highest BCUT2D eigenvalue weighted by molar-refractivity contribution is 6.50. The zero-order valence-corrected chi connectivity index (χ0v) is 7.16. The van der Waals surface area contributed by atoms with Gasteiger partial charge in [-0.05, 0) is 17.3 Å². The van der Waals surface area contributed by atoms with Gasteiger partial charge >= 0.3 is 0 Å². The first-order chi connectivity index (χ1) is 4.83. The van der Waals surface area contributed by atoms with E-state index in [1.54, 1.807) is 18.2 Å². The van der Waals surface area contributed by atoms with Gasteiger partial charge in [-0.15, -0.1) is 0 Å². The molecule has 4 heteroatoms. The lowest BCUT2D eigenvalue weighted by molar-refractivity contribution is 0.475. The van der Waals surface area contributed by atoms with Gasteiger partial charge in [0, 0.05) is 0 Å². The summed E-state index contributed by atoms with van der Waals surface area (Å²) in [6.07, 6.45) is 0. The molecule has 1 rings (SSSR count). The van der Waals surface area contributed by atoms with Crippen LogP contribution in [0.5, 0.6) is 5.75 Å². The van der Waals surface area contributed by atoms with Crippen molar-refractivity contribution in [2.45, 2.75) is 0 Å². The van der Waals surface area contributed by atoms with Crippen LogP contribution >= 0.6 is 0 Å². The topological polar surface area (TPSA) is 29.5 Å². The summed E-state index contributed by atoms with van der Waals surface area (Å²) in [4.78, 5) is 0. The van der Waals surface area contributed by atoms with Crippen LogP contribution in [0.15, 0.2) is 24.3 Å². The van der Waals surface area contributed by atoms with Gasteiger partial charge in [-0.25, -0.2) is 0 Å². The van der Waals surface area contributed by atoms with Crippen LogP contribution in [0, 0.1) is 0 Å². The Bertz CT molecular complexity index is 215. The van der Waals surface area contributed by atoms with Crippen molar-refractivity contribution in [1.82, 2.24) is 0 Å². The third kappa shape index (κ3) is 1.98. The highest BCUT2D eigenvalue weighted by atomic mass is 28.3. The van der Waals surface area contributed by atoms with Crippen LogP contribution in [0.1, 0.15) is 0 Å². The average Bonchev–Trinajstić information content (AvgIpc) is 1.88. The Morgan fingerprint density at radius 3 is 2.90 bits per heavy atom. The third-order valence-corrected chi connectivity index (χ3v) is 1.97. The first-order valence-electron chi connectivity index (χ1n) is 2.70. The minimum Gasteiger partial charge on any atom is -0.508 e. The molecule has 0 unspecified atom stereocenters. The molecule has 0 saturated heterocycles. The van der Waals surface area contributed by atoms with Crippen LogP contribution in [0.2, 0.25) is 0 Å². The molecule has 0 aliphatic heterocycles. The van der Waals surface area contributed by atoms with E-state index in [-0.39, 0.29) is 15.5 Å². The molecule has 0 saturated carbocycles. The molecule has 0 spiro atoms. The Balaban J connectivity index is 2.75. The predicted octanol–water partition coefficient (Wildman–Crippen LogP) is -0.263. The van der Waals surface area contributed by atoms with Crippen LogP contribution < -0.4 is 5.19 Å². The molecule has 0 heterocycles. The zero-order valence-electron chi connectivity index (χ0n) is 5.16. The van der Waals surface area contributed by atoms with Gasteiger partial charge in [0.15, 0.2) is 0 Å². The fourth-order valence-corrected chi connectivity index (χ4v) is 1.47. The molecule has 0 atom stereocenters. The normalized spacial score (nSPS) is 9.70. The second-order valence-electron chi connectivity index (χ2n) is 1.75. The first-order valence-corrected chi connectivity index (χ1v) is 4.02. The van der Waals surface area contributed by atoms with E-state index in [1.807, 2.05) is 6.07 Å². The summed E-state index contributed by atoms with van der Waals surface area (Å²) in [6, 6.07) is 6.96. The van der Waals surface area contributed by atoms with Gasteiger partial charge in [0.05, 0.1) is 0 Å². The maximum Gasteiger partial charge on any atom is 0.256 e. The summed E-state index contributed by atoms with van der Waals surface area (Å²) in [5.41, 5.74) is 0. The summed E-state index contributed by atoms with van der Waals surface area (Å²) in [7, 11) is 3.12. The smallest absolute Gasteiger partial charge is 0.256 e. The van der Waals surface area contributed by atoms with Crippen molar-refractivity contribution in [3.05, 3.63) is 24.3 Å². The lowest BCUT2D eigenvalue weighted by atomic mass is 10.3. The molecular weight excluding hydrogens is 160 g/mol. The Morgan fingerprint density at radius 1 is 1.50 bits per heavy atom. The molecule has 1 N–H and O–H groups in total. The van der Waals surface area contributed by atoms with Gasteiger partial charge in [0.1, 0.15) is 5.75 Å². The summed E-state index contributed by atoms with van der Waals surface area (Å²) in [5, 5.41) is 9.94. The highest BCUT2D eigenvalue weighted by Gasteiger charge is 1.93. The summed E-state index contributed by atoms with van der Waals surface area (Å²) >= 11 is 0. The molecule has 0 bridgehead atoms. The van der Waals surface area contributed by atoms with E-state index in [9.17, 15) is 0 Å². The van der Waals surface area contributed by atoms with E-state index in [0.717, 1.165) is 5.19 Å². The molecule has 0 amide bonds. The minimum atomic E-state index is 0.237. The van der Waals surface area contributed by atoms with E-state index in [1.165, 1.54) is 0 Å². The van der Waals surface area contributed by atoms with E-state index in [0.29, 0.717) is 0 Å². The Labute approximate surface area is 65.3 Å². The fourth-order valence-electron chi connectivity index (χ4n) is 0.628. The molecule has 10 heavy (non-hydrogen) atoms. The summed E-state index contributed by atoms with van der Waals surface area (Å²) in [5.74, 6) is 0.272. The van der Waals surface area contributed by atoms with Crippen molar-refractivity contribution in [3.8, 4) is 5.75 Å². The highest BCUT2D eigenvalue weighted by Crippen LogP contribution is 2.01. The molecule has 1 aromatic rings. The number of aromatic hydroxyl groups is 1. The number of rotatable bonds is 2. The first kappa shape index (κ1) is 7.52. The van der Waals surface area contributed by atoms with Crippen LogP contribution in [0.4, 0.5) is 0 Å². The lowest BCUT2D eigenvalue weighted by Gasteiger charge is -1.96. The molecule has 0 aliphatic carbocycles. The third-order valence-electron chi connectivity index (χ3n) is 1.02. The molecule has 0 fully saturated rings. The van der Waals surface area contributed by atoms with Gasteiger partial charge in [0.25, 0.3) is 9.76 Å². The van der Waals surface area contributed by atoms with E-state index in [4.69, 9.17) is 9.22 Å². The molecule has 5 radical (unpaired) electrons. The number of hydrogen-bond acceptors (Lipinski definition) is 2.